The molecule has 3 aliphatic heterocycles. The van der Waals surface area contributed by atoms with Crippen LogP contribution in [0.5, 0.6) is 0 Å². The van der Waals surface area contributed by atoms with Crippen LogP contribution in [0.25, 0.3) is 0 Å². The fourth-order valence-electron chi connectivity index (χ4n) is 3.69. The number of hydrogen-bond acceptors (Lipinski definition) is 5. The molecule has 1 amide bonds. The van der Waals surface area contributed by atoms with E-state index in [4.69, 9.17) is 9.47 Å². The van der Waals surface area contributed by atoms with Crippen LogP contribution in [-0.2, 0) is 14.3 Å². The van der Waals surface area contributed by atoms with Gasteiger partial charge in [0.05, 0.1) is 18.6 Å². The Labute approximate surface area is 146 Å². The number of halogens is 1. The Morgan fingerprint density at radius 3 is 2.44 bits per heavy atom. The van der Waals surface area contributed by atoms with E-state index in [1.165, 1.54) is 12.1 Å². The maximum absolute atomic E-state index is 13.0. The number of amides is 1. The zero-order valence-corrected chi connectivity index (χ0v) is 14.5. The first-order valence-electron chi connectivity index (χ1n) is 8.69. The Kier molecular flexibility index (Phi) is 4.07. The van der Waals surface area contributed by atoms with Crippen LogP contribution in [0, 0.1) is 11.2 Å². The van der Waals surface area contributed by atoms with Gasteiger partial charge in [0.15, 0.2) is 5.79 Å². The van der Waals surface area contributed by atoms with Gasteiger partial charge in [-0.25, -0.2) is 15.2 Å². The molecule has 0 bridgehead atoms. The number of hydrogen-bond donors (Lipinski definition) is 2. The lowest BCUT2D eigenvalue weighted by atomic mass is 9.80. The predicted molar refractivity (Wildman–Crippen MR) is 88.8 cm³/mol. The van der Waals surface area contributed by atoms with Crippen LogP contribution in [0.1, 0.15) is 31.9 Å². The zero-order chi connectivity index (χ0) is 17.7. The molecule has 2 unspecified atom stereocenters. The van der Waals surface area contributed by atoms with Gasteiger partial charge in [-0.3, -0.25) is 4.79 Å². The smallest absolute Gasteiger partial charge is 0.241 e. The summed E-state index contributed by atoms with van der Waals surface area (Å²) in [5, 5.41) is 0. The molecule has 3 fully saturated rings. The fourth-order valence-corrected chi connectivity index (χ4v) is 3.69. The number of ether oxygens (including phenoxy) is 2. The van der Waals surface area contributed by atoms with Gasteiger partial charge in [-0.05, 0) is 38.0 Å². The van der Waals surface area contributed by atoms with Crippen molar-refractivity contribution in [2.24, 2.45) is 5.41 Å². The molecule has 0 radical (unpaired) electrons. The van der Waals surface area contributed by atoms with Crippen LogP contribution in [0.2, 0.25) is 0 Å². The molecule has 1 aromatic rings. The van der Waals surface area contributed by atoms with E-state index in [1.807, 2.05) is 18.7 Å². The first-order chi connectivity index (χ1) is 11.9. The summed E-state index contributed by atoms with van der Waals surface area (Å²) in [6, 6.07) is 6.12. The molecule has 2 N–H and O–H groups in total. The molecule has 3 saturated heterocycles. The summed E-state index contributed by atoms with van der Waals surface area (Å²) in [6.07, 6.45) is 0.647. The second-order valence-electron chi connectivity index (χ2n) is 7.85. The van der Waals surface area contributed by atoms with Gasteiger partial charge in [-0.2, -0.15) is 0 Å². The molecule has 2 atom stereocenters. The van der Waals surface area contributed by atoms with Crippen molar-refractivity contribution in [2.75, 3.05) is 26.3 Å². The lowest BCUT2D eigenvalue weighted by Gasteiger charge is -2.54. The molecule has 0 aromatic heterocycles. The molecule has 7 heteroatoms. The second-order valence-corrected chi connectivity index (χ2v) is 7.85. The third-order valence-corrected chi connectivity index (χ3v) is 5.29. The van der Waals surface area contributed by atoms with Gasteiger partial charge in [0, 0.05) is 19.1 Å². The highest BCUT2D eigenvalue weighted by molar-refractivity contribution is 5.83. The summed E-state index contributed by atoms with van der Waals surface area (Å²) >= 11 is 0. The summed E-state index contributed by atoms with van der Waals surface area (Å²) in [7, 11) is 0. The Hall–Kier alpha value is -1.54. The van der Waals surface area contributed by atoms with Gasteiger partial charge in [0.1, 0.15) is 11.9 Å². The Morgan fingerprint density at radius 1 is 1.16 bits per heavy atom. The van der Waals surface area contributed by atoms with Gasteiger partial charge in [0.25, 0.3) is 0 Å². The third-order valence-electron chi connectivity index (χ3n) is 5.29. The number of nitrogens with zero attached hydrogens (tertiary/aromatic N) is 1. The largest absolute Gasteiger partial charge is 0.350 e. The van der Waals surface area contributed by atoms with Crippen molar-refractivity contribution < 1.29 is 18.7 Å². The standard InChI is InChI=1S/C18H24FN3O3/c1-17(2)24-10-18(11-25-17)8-22(9-18)16(23)15-7-14(20-21-15)12-3-5-13(19)6-4-12/h3-6,14-15,20-21H,7-11H2,1-2H3. The van der Waals surface area contributed by atoms with Crippen LogP contribution in [-0.4, -0.2) is 48.9 Å². The molecule has 3 heterocycles. The van der Waals surface area contributed by atoms with Crippen LogP contribution in [0.3, 0.4) is 0 Å². The van der Waals surface area contributed by atoms with E-state index in [9.17, 15) is 9.18 Å². The number of hydrazine groups is 1. The van der Waals surface area contributed by atoms with E-state index in [-0.39, 0.29) is 29.2 Å². The summed E-state index contributed by atoms with van der Waals surface area (Å²) < 4.78 is 24.5. The monoisotopic (exact) mass is 349 g/mol. The van der Waals surface area contributed by atoms with Crippen LogP contribution < -0.4 is 10.9 Å². The van der Waals surface area contributed by atoms with Gasteiger partial charge in [0.2, 0.25) is 5.91 Å². The molecule has 0 saturated carbocycles. The van der Waals surface area contributed by atoms with E-state index in [1.54, 1.807) is 12.1 Å². The quantitative estimate of drug-likeness (QED) is 0.844. The summed E-state index contributed by atoms with van der Waals surface area (Å²) in [5.41, 5.74) is 7.13. The average Bonchev–Trinajstić information content (AvgIpc) is 3.03. The number of carbonyl (C=O) groups is 1. The molecule has 1 spiro atoms. The van der Waals surface area contributed by atoms with E-state index in [0.29, 0.717) is 32.7 Å². The van der Waals surface area contributed by atoms with Crippen molar-refractivity contribution in [1.29, 1.82) is 0 Å². The number of carbonyl (C=O) groups excluding carboxylic acids is 1. The first kappa shape index (κ1) is 16.9. The van der Waals surface area contributed by atoms with Crippen molar-refractivity contribution in [3.63, 3.8) is 0 Å². The summed E-state index contributed by atoms with van der Waals surface area (Å²) in [6.45, 7) is 6.40. The second kappa shape index (κ2) is 6.02. The van der Waals surface area contributed by atoms with E-state index >= 15 is 0 Å². The minimum Gasteiger partial charge on any atom is -0.350 e. The third kappa shape index (κ3) is 3.29. The summed E-state index contributed by atoms with van der Waals surface area (Å²) in [5.74, 6) is -0.699. The Balaban J connectivity index is 1.31. The molecular formula is C18H24FN3O3. The minimum atomic E-state index is -0.533. The normalized spacial score (nSPS) is 30.3. The molecule has 25 heavy (non-hydrogen) atoms. The molecule has 6 nitrogen and oxygen atoms in total. The van der Waals surface area contributed by atoms with Gasteiger partial charge in [-0.15, -0.1) is 0 Å². The highest BCUT2D eigenvalue weighted by Crippen LogP contribution is 2.38. The minimum absolute atomic E-state index is 0.00642. The number of likely N-dealkylation sites (tertiary alicyclic amines) is 1. The highest BCUT2D eigenvalue weighted by Gasteiger charge is 2.51. The maximum atomic E-state index is 13.0. The van der Waals surface area contributed by atoms with E-state index in [0.717, 1.165) is 5.56 Å². The average molecular weight is 349 g/mol. The molecule has 0 aliphatic carbocycles. The van der Waals surface area contributed by atoms with Crippen LogP contribution >= 0.6 is 0 Å². The molecule has 1 aromatic carbocycles. The summed E-state index contributed by atoms with van der Waals surface area (Å²) in [4.78, 5) is 14.6. The van der Waals surface area contributed by atoms with Crippen molar-refractivity contribution in [2.45, 2.75) is 38.1 Å². The molecule has 4 rings (SSSR count). The maximum Gasteiger partial charge on any atom is 0.241 e. The van der Waals surface area contributed by atoms with Crippen molar-refractivity contribution >= 4 is 5.91 Å². The Morgan fingerprint density at radius 2 is 1.80 bits per heavy atom. The topological polar surface area (TPSA) is 62.8 Å². The van der Waals surface area contributed by atoms with E-state index < -0.39 is 5.79 Å². The zero-order valence-electron chi connectivity index (χ0n) is 14.5. The van der Waals surface area contributed by atoms with Crippen molar-refractivity contribution in [3.05, 3.63) is 35.6 Å². The van der Waals surface area contributed by atoms with Crippen LogP contribution in [0.4, 0.5) is 4.39 Å². The van der Waals surface area contributed by atoms with Gasteiger partial charge >= 0.3 is 0 Å². The molecule has 136 valence electrons. The molecule has 3 aliphatic rings. The predicted octanol–water partition coefficient (Wildman–Crippen LogP) is 1.34. The molecular weight excluding hydrogens is 325 g/mol. The van der Waals surface area contributed by atoms with Crippen molar-refractivity contribution in [3.8, 4) is 0 Å². The van der Waals surface area contributed by atoms with Gasteiger partial charge < -0.3 is 14.4 Å². The SMILES string of the molecule is CC1(C)OCC2(CO1)CN(C(=O)C1CC(c3ccc(F)cc3)NN1)C2. The number of rotatable bonds is 2. The van der Waals surface area contributed by atoms with E-state index in [2.05, 4.69) is 10.9 Å². The number of nitrogens with one attached hydrogen (secondary N) is 2. The van der Waals surface area contributed by atoms with Gasteiger partial charge in [-0.1, -0.05) is 12.1 Å². The fraction of sp³-hybridized carbons (Fsp3) is 0.611. The number of benzene rings is 1. The first-order valence-corrected chi connectivity index (χ1v) is 8.69. The van der Waals surface area contributed by atoms with Crippen LogP contribution in [0.15, 0.2) is 24.3 Å². The Bertz CT molecular complexity index is 646. The highest BCUT2D eigenvalue weighted by atomic mass is 19.1. The lowest BCUT2D eigenvalue weighted by molar-refractivity contribution is -0.303. The lowest BCUT2D eigenvalue weighted by Crippen LogP contribution is -2.67. The van der Waals surface area contributed by atoms with Crippen molar-refractivity contribution in [1.82, 2.24) is 15.8 Å².